The lowest BCUT2D eigenvalue weighted by Gasteiger charge is -2.44. The lowest BCUT2D eigenvalue weighted by Crippen LogP contribution is -2.54. The van der Waals surface area contributed by atoms with Gasteiger partial charge < -0.3 is 10.2 Å². The Morgan fingerprint density at radius 2 is 1.52 bits per heavy atom. The van der Waals surface area contributed by atoms with Crippen LogP contribution in [0.15, 0.2) is 30.3 Å². The van der Waals surface area contributed by atoms with E-state index in [4.69, 9.17) is 19.8 Å². The van der Waals surface area contributed by atoms with Gasteiger partial charge >= 0.3 is 11.9 Å². The van der Waals surface area contributed by atoms with Crippen LogP contribution in [0.4, 0.5) is 0 Å². The SMILES string of the molecule is CCC(C)N1CCN(C2CCN(Cc3ccccc3)CC2)CC1.O=C(O)C(=O)O. The van der Waals surface area contributed by atoms with E-state index in [0.29, 0.717) is 0 Å². The molecule has 3 rings (SSSR count). The van der Waals surface area contributed by atoms with Gasteiger partial charge in [0.1, 0.15) is 0 Å². The third-order valence-electron chi connectivity index (χ3n) is 6.07. The van der Waals surface area contributed by atoms with E-state index in [2.05, 4.69) is 58.9 Å². The molecule has 0 saturated carbocycles. The zero-order valence-corrected chi connectivity index (χ0v) is 17.7. The summed E-state index contributed by atoms with van der Waals surface area (Å²) >= 11 is 0. The van der Waals surface area contributed by atoms with Crippen molar-refractivity contribution in [3.05, 3.63) is 35.9 Å². The molecule has 1 unspecified atom stereocenters. The minimum absolute atomic E-state index is 0.755. The van der Waals surface area contributed by atoms with Crippen molar-refractivity contribution in [3.8, 4) is 0 Å². The van der Waals surface area contributed by atoms with Crippen molar-refractivity contribution in [1.82, 2.24) is 14.7 Å². The van der Waals surface area contributed by atoms with Crippen molar-refractivity contribution in [3.63, 3.8) is 0 Å². The fourth-order valence-electron chi connectivity index (χ4n) is 4.09. The first kappa shape index (κ1) is 23.3. The van der Waals surface area contributed by atoms with Crippen LogP contribution < -0.4 is 0 Å². The molecule has 1 atom stereocenters. The highest BCUT2D eigenvalue weighted by atomic mass is 16.4. The van der Waals surface area contributed by atoms with Gasteiger partial charge in [-0.1, -0.05) is 37.3 Å². The van der Waals surface area contributed by atoms with E-state index < -0.39 is 11.9 Å². The quantitative estimate of drug-likeness (QED) is 0.727. The number of hydrogen-bond acceptors (Lipinski definition) is 5. The summed E-state index contributed by atoms with van der Waals surface area (Å²) in [6.45, 7) is 13.4. The molecule has 2 saturated heterocycles. The molecule has 162 valence electrons. The van der Waals surface area contributed by atoms with Gasteiger partial charge in [0.05, 0.1) is 0 Å². The summed E-state index contributed by atoms with van der Waals surface area (Å²) in [6, 6.07) is 12.5. The molecular formula is C22H35N3O4. The maximum absolute atomic E-state index is 9.10. The Morgan fingerprint density at radius 1 is 0.966 bits per heavy atom. The fourth-order valence-corrected chi connectivity index (χ4v) is 4.09. The Labute approximate surface area is 173 Å². The molecule has 7 nitrogen and oxygen atoms in total. The zero-order chi connectivity index (χ0) is 21.2. The number of nitrogens with zero attached hydrogens (tertiary/aromatic N) is 3. The van der Waals surface area contributed by atoms with Crippen LogP contribution in [-0.4, -0.2) is 88.2 Å². The van der Waals surface area contributed by atoms with E-state index in [1.54, 1.807) is 0 Å². The van der Waals surface area contributed by atoms with Crippen LogP contribution in [-0.2, 0) is 16.1 Å². The van der Waals surface area contributed by atoms with Crippen LogP contribution in [0.1, 0.15) is 38.7 Å². The van der Waals surface area contributed by atoms with Crippen LogP contribution in [0.2, 0.25) is 0 Å². The summed E-state index contributed by atoms with van der Waals surface area (Å²) in [4.78, 5) is 26.3. The number of benzene rings is 1. The molecule has 0 amide bonds. The molecule has 1 aromatic rings. The van der Waals surface area contributed by atoms with E-state index in [0.717, 1.165) is 18.6 Å². The largest absolute Gasteiger partial charge is 0.473 e. The summed E-state index contributed by atoms with van der Waals surface area (Å²) in [5.74, 6) is -3.65. The smallest absolute Gasteiger partial charge is 0.414 e. The molecular weight excluding hydrogens is 370 g/mol. The van der Waals surface area contributed by atoms with Gasteiger partial charge in [-0.3, -0.25) is 14.7 Å². The van der Waals surface area contributed by atoms with Crippen LogP contribution in [0.5, 0.6) is 0 Å². The summed E-state index contributed by atoms with van der Waals surface area (Å²) in [6.07, 6.45) is 3.96. The normalized spacial score (nSPS) is 20.5. The monoisotopic (exact) mass is 405 g/mol. The lowest BCUT2D eigenvalue weighted by molar-refractivity contribution is -0.159. The third kappa shape index (κ3) is 7.76. The number of aliphatic carboxylic acids is 2. The van der Waals surface area contributed by atoms with Crippen molar-refractivity contribution >= 4 is 11.9 Å². The Hall–Kier alpha value is -1.96. The molecule has 1 aromatic carbocycles. The Morgan fingerprint density at radius 3 is 2.00 bits per heavy atom. The van der Waals surface area contributed by atoms with Crippen molar-refractivity contribution < 1.29 is 19.8 Å². The van der Waals surface area contributed by atoms with Crippen LogP contribution >= 0.6 is 0 Å². The molecule has 0 spiro atoms. The first-order chi connectivity index (χ1) is 13.9. The second-order valence-electron chi connectivity index (χ2n) is 7.93. The lowest BCUT2D eigenvalue weighted by atomic mass is 10.0. The second-order valence-corrected chi connectivity index (χ2v) is 7.93. The standard InChI is InChI=1S/C20H33N3.C2H2O4/c1-3-18(2)22-13-15-23(16-14-22)20-9-11-21(12-10-20)17-19-7-5-4-6-8-19;3-1(4)2(5)6/h4-8,18,20H,3,9-17H2,1-2H3;(H,3,4)(H,5,6). The van der Waals surface area contributed by atoms with Crippen LogP contribution in [0, 0.1) is 0 Å². The second kappa shape index (κ2) is 11.9. The van der Waals surface area contributed by atoms with E-state index in [-0.39, 0.29) is 0 Å². The van der Waals surface area contributed by atoms with Gasteiger partial charge in [0.2, 0.25) is 0 Å². The maximum atomic E-state index is 9.10. The molecule has 0 aromatic heterocycles. The molecule has 2 fully saturated rings. The van der Waals surface area contributed by atoms with Gasteiger partial charge in [0.25, 0.3) is 0 Å². The molecule has 7 heteroatoms. The van der Waals surface area contributed by atoms with Gasteiger partial charge in [-0.2, -0.15) is 0 Å². The van der Waals surface area contributed by atoms with E-state index in [1.807, 2.05) is 0 Å². The highest BCUT2D eigenvalue weighted by molar-refractivity contribution is 6.27. The minimum Gasteiger partial charge on any atom is -0.473 e. The predicted octanol–water partition coefficient (Wildman–Crippen LogP) is 2.22. The minimum atomic E-state index is -1.82. The van der Waals surface area contributed by atoms with Gasteiger partial charge in [0.15, 0.2) is 0 Å². The van der Waals surface area contributed by atoms with Crippen molar-refractivity contribution in [1.29, 1.82) is 0 Å². The molecule has 0 aliphatic carbocycles. The topological polar surface area (TPSA) is 84.3 Å². The van der Waals surface area contributed by atoms with Gasteiger partial charge in [0, 0.05) is 44.8 Å². The Bertz CT molecular complexity index is 612. The highest BCUT2D eigenvalue weighted by Gasteiger charge is 2.28. The number of piperidine rings is 1. The molecule has 2 heterocycles. The number of likely N-dealkylation sites (tertiary alicyclic amines) is 1. The Kier molecular flexibility index (Phi) is 9.57. The summed E-state index contributed by atoms with van der Waals surface area (Å²) < 4.78 is 0. The molecule has 2 N–H and O–H groups in total. The first-order valence-electron chi connectivity index (χ1n) is 10.6. The number of hydrogen-bond donors (Lipinski definition) is 2. The van der Waals surface area contributed by atoms with Gasteiger partial charge in [-0.25, -0.2) is 9.59 Å². The average Bonchev–Trinajstić information content (AvgIpc) is 2.75. The van der Waals surface area contributed by atoms with E-state index in [9.17, 15) is 0 Å². The molecule has 2 aliphatic rings. The van der Waals surface area contributed by atoms with Crippen molar-refractivity contribution in [2.45, 2.75) is 51.7 Å². The molecule has 0 bridgehead atoms. The fraction of sp³-hybridized carbons (Fsp3) is 0.636. The summed E-state index contributed by atoms with van der Waals surface area (Å²) in [7, 11) is 0. The van der Waals surface area contributed by atoms with Crippen LogP contribution in [0.3, 0.4) is 0 Å². The first-order valence-corrected chi connectivity index (χ1v) is 10.6. The van der Waals surface area contributed by atoms with Crippen molar-refractivity contribution in [2.75, 3.05) is 39.3 Å². The Balaban J connectivity index is 0.000000438. The van der Waals surface area contributed by atoms with Crippen molar-refractivity contribution in [2.24, 2.45) is 0 Å². The molecule has 29 heavy (non-hydrogen) atoms. The molecule has 2 aliphatic heterocycles. The van der Waals surface area contributed by atoms with E-state index in [1.165, 1.54) is 64.1 Å². The van der Waals surface area contributed by atoms with E-state index >= 15 is 0 Å². The summed E-state index contributed by atoms with van der Waals surface area (Å²) in [5.41, 5.74) is 1.45. The predicted molar refractivity (Wildman–Crippen MR) is 113 cm³/mol. The third-order valence-corrected chi connectivity index (χ3v) is 6.07. The number of carboxylic acids is 2. The number of carbonyl (C=O) groups is 2. The van der Waals surface area contributed by atoms with Crippen LogP contribution in [0.25, 0.3) is 0 Å². The number of rotatable bonds is 5. The average molecular weight is 406 g/mol. The highest BCUT2D eigenvalue weighted by Crippen LogP contribution is 2.20. The van der Waals surface area contributed by atoms with Gasteiger partial charge in [-0.15, -0.1) is 0 Å². The van der Waals surface area contributed by atoms with Gasteiger partial charge in [-0.05, 0) is 44.8 Å². The number of carboxylic acid groups (broad SMARTS) is 2. The maximum Gasteiger partial charge on any atom is 0.414 e. The zero-order valence-electron chi connectivity index (χ0n) is 17.7. The summed E-state index contributed by atoms with van der Waals surface area (Å²) in [5, 5.41) is 14.8. The molecule has 0 radical (unpaired) electrons. The number of piperazine rings is 1.